The number of nitrogens with zero attached hydrogens (tertiary/aromatic N) is 6. The summed E-state index contributed by atoms with van der Waals surface area (Å²) in [6, 6.07) is 10.9. The highest BCUT2D eigenvalue weighted by Gasteiger charge is 2.25. The molecule has 0 unspecified atom stereocenters. The van der Waals surface area contributed by atoms with Crippen LogP contribution >= 0.6 is 0 Å². The number of nitrogens with two attached hydrogens (primary N) is 1. The summed E-state index contributed by atoms with van der Waals surface area (Å²) in [6.45, 7) is 2.63. The van der Waals surface area contributed by atoms with Crippen LogP contribution in [0.1, 0.15) is 18.4 Å². The van der Waals surface area contributed by atoms with Gasteiger partial charge in [0.25, 0.3) is 5.91 Å². The van der Waals surface area contributed by atoms with E-state index in [0.717, 1.165) is 11.1 Å². The maximum absolute atomic E-state index is 15.3. The molecule has 1 fully saturated rings. The third-order valence-corrected chi connectivity index (χ3v) is 6.87. The summed E-state index contributed by atoms with van der Waals surface area (Å²) in [6.07, 6.45) is 7.03. The SMILES string of the molecule is COc1cc(-c2nn(-c3ccc(N(C)C(=O)/C=C/CN(C)C4CC4)c(F)c3)c3ncnc(N)c23)ccc1C. The number of anilines is 2. The van der Waals surface area contributed by atoms with Crippen LogP contribution in [0.4, 0.5) is 15.9 Å². The molecule has 1 amide bonds. The molecule has 0 bridgehead atoms. The molecule has 0 spiro atoms. The molecular weight excluding hydrogens is 485 g/mol. The van der Waals surface area contributed by atoms with Crippen molar-refractivity contribution in [2.75, 3.05) is 38.4 Å². The zero-order valence-electron chi connectivity index (χ0n) is 21.8. The number of amides is 1. The zero-order chi connectivity index (χ0) is 27.0. The number of hydrogen-bond acceptors (Lipinski definition) is 7. The number of carbonyl (C=O) groups excluding carboxylic acids is 1. The average Bonchev–Trinajstić information content (AvgIpc) is 3.69. The van der Waals surface area contributed by atoms with Crippen LogP contribution in [0.2, 0.25) is 0 Å². The van der Waals surface area contributed by atoms with E-state index in [1.165, 1.54) is 40.9 Å². The van der Waals surface area contributed by atoms with E-state index in [4.69, 9.17) is 15.6 Å². The Morgan fingerprint density at radius 3 is 2.71 bits per heavy atom. The first kappa shape index (κ1) is 25.3. The molecule has 2 N–H and O–H groups in total. The van der Waals surface area contributed by atoms with Crippen LogP contribution in [0.15, 0.2) is 54.9 Å². The highest BCUT2D eigenvalue weighted by molar-refractivity contribution is 6.01. The average molecular weight is 516 g/mol. The Hall–Kier alpha value is -4.31. The highest BCUT2D eigenvalue weighted by Crippen LogP contribution is 2.34. The predicted molar refractivity (Wildman–Crippen MR) is 146 cm³/mol. The van der Waals surface area contributed by atoms with Gasteiger partial charge in [-0.2, -0.15) is 5.10 Å². The monoisotopic (exact) mass is 515 g/mol. The number of methoxy groups -OCH3 is 1. The summed E-state index contributed by atoms with van der Waals surface area (Å²) in [5.41, 5.74) is 9.55. The van der Waals surface area contributed by atoms with E-state index in [1.807, 2.05) is 38.2 Å². The smallest absolute Gasteiger partial charge is 0.250 e. The number of halogens is 1. The summed E-state index contributed by atoms with van der Waals surface area (Å²) in [5.74, 6) is 0.0990. The quantitative estimate of drug-likeness (QED) is 0.352. The molecule has 0 radical (unpaired) electrons. The van der Waals surface area contributed by atoms with E-state index in [-0.39, 0.29) is 17.4 Å². The maximum Gasteiger partial charge on any atom is 0.250 e. The molecule has 9 nitrogen and oxygen atoms in total. The zero-order valence-corrected chi connectivity index (χ0v) is 21.8. The van der Waals surface area contributed by atoms with Crippen molar-refractivity contribution >= 4 is 28.4 Å². The number of ether oxygens (including phenoxy) is 1. The van der Waals surface area contributed by atoms with Crippen molar-refractivity contribution in [3.63, 3.8) is 0 Å². The van der Waals surface area contributed by atoms with Gasteiger partial charge in [0.1, 0.15) is 29.4 Å². The molecule has 196 valence electrons. The third-order valence-electron chi connectivity index (χ3n) is 6.87. The first-order valence-electron chi connectivity index (χ1n) is 12.4. The lowest BCUT2D eigenvalue weighted by Gasteiger charge is -2.17. The summed E-state index contributed by atoms with van der Waals surface area (Å²) in [4.78, 5) is 24.7. The largest absolute Gasteiger partial charge is 0.496 e. The summed E-state index contributed by atoms with van der Waals surface area (Å²) >= 11 is 0. The topological polar surface area (TPSA) is 102 Å². The molecule has 0 aliphatic heterocycles. The van der Waals surface area contributed by atoms with E-state index in [9.17, 15) is 4.79 Å². The number of nitrogen functional groups attached to an aromatic ring is 1. The van der Waals surface area contributed by atoms with Crippen LogP contribution < -0.4 is 15.4 Å². The van der Waals surface area contributed by atoms with E-state index in [0.29, 0.717) is 40.8 Å². The van der Waals surface area contributed by atoms with Gasteiger partial charge in [-0.25, -0.2) is 19.0 Å². The number of benzene rings is 2. The fraction of sp³-hybridized carbons (Fsp3) is 0.286. The molecule has 2 heterocycles. The van der Waals surface area contributed by atoms with Crippen molar-refractivity contribution in [3.05, 3.63) is 66.3 Å². The molecule has 1 saturated carbocycles. The summed E-state index contributed by atoms with van der Waals surface area (Å²) < 4.78 is 22.3. The standard InChI is InChI=1S/C28H30FN7O2/c1-17-7-8-18(14-23(17)38-4)26-25-27(30)31-16-32-28(25)36(33-26)20-11-12-22(21(29)15-20)35(3)24(37)6-5-13-34(2)19-9-10-19/h5-8,11-12,14-16,19H,9-10,13H2,1-4H3,(H2,30,31,32)/b6-5+. The van der Waals surface area contributed by atoms with Crippen molar-refractivity contribution in [3.8, 4) is 22.7 Å². The van der Waals surface area contributed by atoms with Crippen LogP contribution in [0.3, 0.4) is 0 Å². The molecule has 2 aromatic carbocycles. The number of likely N-dealkylation sites (N-methyl/N-ethyl adjacent to an activating group) is 2. The molecule has 1 aliphatic carbocycles. The number of fused-ring (bicyclic) bond motifs is 1. The fourth-order valence-electron chi connectivity index (χ4n) is 4.44. The number of hydrogen-bond donors (Lipinski definition) is 1. The lowest BCUT2D eigenvalue weighted by Crippen LogP contribution is -2.26. The van der Waals surface area contributed by atoms with Crippen molar-refractivity contribution in [2.45, 2.75) is 25.8 Å². The Bertz CT molecular complexity index is 1540. The van der Waals surface area contributed by atoms with Gasteiger partial charge in [0.05, 0.1) is 23.9 Å². The van der Waals surface area contributed by atoms with Crippen molar-refractivity contribution in [1.82, 2.24) is 24.6 Å². The highest BCUT2D eigenvalue weighted by atomic mass is 19.1. The second-order valence-corrected chi connectivity index (χ2v) is 9.51. The van der Waals surface area contributed by atoms with Gasteiger partial charge in [0.2, 0.25) is 0 Å². The van der Waals surface area contributed by atoms with Crippen LogP contribution in [0.25, 0.3) is 28.0 Å². The van der Waals surface area contributed by atoms with E-state index in [2.05, 4.69) is 14.9 Å². The number of carbonyl (C=O) groups is 1. The minimum Gasteiger partial charge on any atom is -0.496 e. The van der Waals surface area contributed by atoms with Crippen LogP contribution in [0, 0.1) is 12.7 Å². The van der Waals surface area contributed by atoms with Crippen molar-refractivity contribution in [1.29, 1.82) is 0 Å². The van der Waals surface area contributed by atoms with Gasteiger partial charge >= 0.3 is 0 Å². The Labute approximate surface area is 220 Å². The maximum atomic E-state index is 15.3. The van der Waals surface area contributed by atoms with E-state index in [1.54, 1.807) is 26.3 Å². The number of aryl methyl sites for hydroxylation is 1. The third kappa shape index (κ3) is 4.82. The first-order valence-corrected chi connectivity index (χ1v) is 12.4. The summed E-state index contributed by atoms with van der Waals surface area (Å²) in [5, 5.41) is 5.29. The minimum absolute atomic E-state index is 0.160. The second kappa shape index (κ2) is 10.2. The van der Waals surface area contributed by atoms with Crippen LogP contribution in [-0.2, 0) is 4.79 Å². The molecular formula is C28H30FN7O2. The molecule has 0 atom stereocenters. The van der Waals surface area contributed by atoms with Gasteiger partial charge in [-0.1, -0.05) is 18.2 Å². The Balaban J connectivity index is 1.47. The summed E-state index contributed by atoms with van der Waals surface area (Å²) in [7, 11) is 5.19. The number of aromatic nitrogens is 4. The van der Waals surface area contributed by atoms with Crippen LogP contribution in [0.5, 0.6) is 5.75 Å². The molecule has 10 heteroatoms. The first-order chi connectivity index (χ1) is 18.3. The van der Waals surface area contributed by atoms with Crippen molar-refractivity contribution in [2.24, 2.45) is 0 Å². The number of rotatable bonds is 8. The van der Waals surface area contributed by atoms with Gasteiger partial charge in [-0.05, 0) is 50.6 Å². The van der Waals surface area contributed by atoms with E-state index >= 15 is 4.39 Å². The molecule has 0 saturated heterocycles. The molecule has 2 aromatic heterocycles. The van der Waals surface area contributed by atoms with Gasteiger partial charge in [0, 0.05) is 37.3 Å². The second-order valence-electron chi connectivity index (χ2n) is 9.51. The van der Waals surface area contributed by atoms with E-state index < -0.39 is 5.82 Å². The Morgan fingerprint density at radius 2 is 2.00 bits per heavy atom. The van der Waals surface area contributed by atoms with Crippen molar-refractivity contribution < 1.29 is 13.9 Å². The lowest BCUT2D eigenvalue weighted by molar-refractivity contribution is -0.113. The lowest BCUT2D eigenvalue weighted by atomic mass is 10.1. The Kier molecular flexibility index (Phi) is 6.81. The van der Waals surface area contributed by atoms with Gasteiger partial charge in [-0.3, -0.25) is 9.69 Å². The van der Waals surface area contributed by atoms with Gasteiger partial charge in [-0.15, -0.1) is 0 Å². The predicted octanol–water partition coefficient (Wildman–Crippen LogP) is 4.13. The van der Waals surface area contributed by atoms with Gasteiger partial charge in [0.15, 0.2) is 5.65 Å². The molecule has 38 heavy (non-hydrogen) atoms. The fourth-order valence-corrected chi connectivity index (χ4v) is 4.44. The molecule has 4 aromatic rings. The normalized spacial score (nSPS) is 13.5. The molecule has 1 aliphatic rings. The molecule has 5 rings (SSSR count). The van der Waals surface area contributed by atoms with Crippen LogP contribution in [-0.4, -0.2) is 64.3 Å². The van der Waals surface area contributed by atoms with Gasteiger partial charge < -0.3 is 15.4 Å². The minimum atomic E-state index is -0.564. The Morgan fingerprint density at radius 1 is 1.21 bits per heavy atom.